The molecule has 19 heavy (non-hydrogen) atoms. The van der Waals surface area contributed by atoms with Crippen LogP contribution in [0.4, 0.5) is 0 Å². The zero-order valence-corrected chi connectivity index (χ0v) is 13.2. The van der Waals surface area contributed by atoms with Crippen molar-refractivity contribution in [2.75, 3.05) is 0 Å². The highest BCUT2D eigenvalue weighted by molar-refractivity contribution is 6.83. The van der Waals surface area contributed by atoms with E-state index in [2.05, 4.69) is 42.8 Å². The summed E-state index contributed by atoms with van der Waals surface area (Å²) in [6, 6.07) is 0. The van der Waals surface area contributed by atoms with Gasteiger partial charge in [-0.05, 0) is 31.6 Å². The molecule has 1 aliphatic carbocycles. The fraction of sp³-hybridized carbons (Fsp3) is 0.714. The smallest absolute Gasteiger partial charge is 0.415 e. The second-order valence-electron chi connectivity index (χ2n) is 6.34. The Hall–Kier alpha value is -1.37. The molecule has 1 saturated carbocycles. The van der Waals surface area contributed by atoms with Crippen LogP contribution >= 0.6 is 0 Å². The molecule has 4 nitrogen and oxygen atoms in total. The Balaban J connectivity index is 2.93. The lowest BCUT2D eigenvalue weighted by Crippen LogP contribution is -2.38. The summed E-state index contributed by atoms with van der Waals surface area (Å²) in [6.45, 7) is 8.69. The van der Waals surface area contributed by atoms with Crippen molar-refractivity contribution in [1.82, 2.24) is 0 Å². The van der Waals surface area contributed by atoms with E-state index < -0.39 is 19.6 Å². The van der Waals surface area contributed by atoms with Gasteiger partial charge in [-0.15, -0.1) is 5.54 Å². The van der Waals surface area contributed by atoms with E-state index in [0.717, 1.165) is 31.9 Å². The molecule has 0 saturated heterocycles. The number of hydrogen-bond acceptors (Lipinski definition) is 2. The van der Waals surface area contributed by atoms with Crippen molar-refractivity contribution in [3.8, 4) is 11.5 Å². The van der Waals surface area contributed by atoms with E-state index >= 15 is 0 Å². The second kappa shape index (κ2) is 6.18. The lowest BCUT2D eigenvalue weighted by Gasteiger charge is -2.34. The van der Waals surface area contributed by atoms with Crippen LogP contribution in [-0.2, 0) is 9.53 Å². The van der Waals surface area contributed by atoms with Crippen LogP contribution in [0, 0.1) is 17.4 Å². The molecule has 0 aromatic heterocycles. The zero-order valence-electron chi connectivity index (χ0n) is 12.2. The Morgan fingerprint density at radius 2 is 2.00 bits per heavy atom. The summed E-state index contributed by atoms with van der Waals surface area (Å²) in [5.41, 5.74) is 11.0. The second-order valence-corrected chi connectivity index (χ2v) is 11.1. The third kappa shape index (κ3) is 5.42. The first-order chi connectivity index (χ1) is 8.76. The average molecular weight is 278 g/mol. The van der Waals surface area contributed by atoms with Crippen molar-refractivity contribution in [3.63, 3.8) is 0 Å². The molecular weight excluding hydrogens is 256 g/mol. The standard InChI is InChI=1S/C14H22N2O2Si/c1-12-5-7-14(8-6-12,9-10-19(2,3)4)18-13(17)11-16-15/h11-12H,5-8H2,1-4H3. The van der Waals surface area contributed by atoms with E-state index in [1.807, 2.05) is 0 Å². The van der Waals surface area contributed by atoms with Gasteiger partial charge < -0.3 is 10.3 Å². The van der Waals surface area contributed by atoms with Crippen molar-refractivity contribution in [2.24, 2.45) is 5.92 Å². The van der Waals surface area contributed by atoms with Gasteiger partial charge in [0, 0.05) is 0 Å². The monoisotopic (exact) mass is 278 g/mol. The molecule has 0 amide bonds. The van der Waals surface area contributed by atoms with Gasteiger partial charge in [-0.2, -0.15) is 4.79 Å². The largest absolute Gasteiger partial charge is 0.438 e. The molecule has 0 N–H and O–H groups in total. The summed E-state index contributed by atoms with van der Waals surface area (Å²) in [7, 11) is -1.51. The van der Waals surface area contributed by atoms with Crippen LogP contribution in [0.25, 0.3) is 5.53 Å². The van der Waals surface area contributed by atoms with Crippen molar-refractivity contribution in [3.05, 3.63) is 5.53 Å². The first kappa shape index (κ1) is 15.7. The van der Waals surface area contributed by atoms with Crippen LogP contribution in [0.15, 0.2) is 0 Å². The van der Waals surface area contributed by atoms with E-state index in [1.54, 1.807) is 0 Å². The number of esters is 1. The molecule has 1 aliphatic rings. The first-order valence-electron chi connectivity index (χ1n) is 6.71. The van der Waals surface area contributed by atoms with Crippen LogP contribution in [0.5, 0.6) is 0 Å². The molecule has 0 aromatic carbocycles. The maximum absolute atomic E-state index is 11.5. The van der Waals surface area contributed by atoms with Crippen molar-refractivity contribution in [1.29, 1.82) is 0 Å². The van der Waals surface area contributed by atoms with Crippen LogP contribution in [0.2, 0.25) is 19.6 Å². The van der Waals surface area contributed by atoms with Gasteiger partial charge in [0.15, 0.2) is 5.60 Å². The van der Waals surface area contributed by atoms with Crippen LogP contribution in [-0.4, -0.2) is 30.6 Å². The minimum absolute atomic E-state index is 0.623. The van der Waals surface area contributed by atoms with Crippen LogP contribution in [0.3, 0.4) is 0 Å². The highest BCUT2D eigenvalue weighted by Gasteiger charge is 2.37. The molecule has 104 valence electrons. The molecule has 0 radical (unpaired) electrons. The quantitative estimate of drug-likeness (QED) is 0.195. The highest BCUT2D eigenvalue weighted by atomic mass is 28.3. The normalized spacial score (nSPS) is 26.6. The number of rotatable bonds is 2. The fourth-order valence-corrected chi connectivity index (χ4v) is 2.65. The minimum atomic E-state index is -1.51. The minimum Gasteiger partial charge on any atom is -0.438 e. The van der Waals surface area contributed by atoms with E-state index in [0.29, 0.717) is 5.92 Å². The molecule has 0 heterocycles. The van der Waals surface area contributed by atoms with Crippen LogP contribution < -0.4 is 0 Å². The van der Waals surface area contributed by atoms with Gasteiger partial charge in [0.25, 0.3) is 0 Å². The van der Waals surface area contributed by atoms with Gasteiger partial charge in [0.1, 0.15) is 8.07 Å². The van der Waals surface area contributed by atoms with Gasteiger partial charge in [-0.3, -0.25) is 0 Å². The highest BCUT2D eigenvalue weighted by Crippen LogP contribution is 2.34. The third-order valence-corrected chi connectivity index (χ3v) is 4.08. The molecule has 0 spiro atoms. The number of nitrogens with zero attached hydrogens (tertiary/aromatic N) is 2. The van der Waals surface area contributed by atoms with Gasteiger partial charge in [-0.1, -0.05) is 32.5 Å². The van der Waals surface area contributed by atoms with Crippen LogP contribution in [0.1, 0.15) is 32.6 Å². The van der Waals surface area contributed by atoms with Gasteiger partial charge in [0.2, 0.25) is 0 Å². The Morgan fingerprint density at radius 3 is 2.47 bits per heavy atom. The van der Waals surface area contributed by atoms with Gasteiger partial charge >= 0.3 is 12.2 Å². The van der Waals surface area contributed by atoms with E-state index in [4.69, 9.17) is 10.3 Å². The van der Waals surface area contributed by atoms with Crippen molar-refractivity contribution < 1.29 is 14.3 Å². The van der Waals surface area contributed by atoms with Crippen molar-refractivity contribution >= 4 is 20.3 Å². The summed E-state index contributed by atoms with van der Waals surface area (Å²) < 4.78 is 5.46. The number of carbonyl (C=O) groups is 1. The average Bonchev–Trinajstić information content (AvgIpc) is 2.30. The van der Waals surface area contributed by atoms with E-state index in [-0.39, 0.29) is 0 Å². The SMILES string of the molecule is CC1CCC(C#C[Si](C)(C)C)(OC(=O)C=[N+]=[N-])CC1. The third-order valence-electron chi connectivity index (χ3n) is 3.21. The summed E-state index contributed by atoms with van der Waals surface area (Å²) in [5, 5.41) is 0. The molecule has 0 atom stereocenters. The summed E-state index contributed by atoms with van der Waals surface area (Å²) in [5.74, 6) is 3.23. The Labute approximate surface area is 116 Å². The lowest BCUT2D eigenvalue weighted by atomic mass is 9.80. The number of hydrogen-bond donors (Lipinski definition) is 0. The fourth-order valence-electron chi connectivity index (χ4n) is 2.05. The number of ether oxygens (including phenoxy) is 1. The predicted molar refractivity (Wildman–Crippen MR) is 77.3 cm³/mol. The maximum Gasteiger partial charge on any atom is 0.415 e. The van der Waals surface area contributed by atoms with E-state index in [9.17, 15) is 4.79 Å². The predicted octanol–water partition coefficient (Wildman–Crippen LogP) is 2.66. The Bertz CT molecular complexity index is 442. The molecule has 0 bridgehead atoms. The molecule has 0 aliphatic heterocycles. The van der Waals surface area contributed by atoms with Crippen molar-refractivity contribution in [2.45, 2.75) is 57.8 Å². The maximum atomic E-state index is 11.5. The first-order valence-corrected chi connectivity index (χ1v) is 10.2. The molecular formula is C14H22N2O2Si. The topological polar surface area (TPSA) is 62.7 Å². The summed E-state index contributed by atoms with van der Waals surface area (Å²) in [6.07, 6.45) is 4.32. The van der Waals surface area contributed by atoms with Gasteiger partial charge in [-0.25, -0.2) is 4.79 Å². The molecule has 1 fully saturated rings. The number of carbonyl (C=O) groups excluding carboxylic acids is 1. The summed E-state index contributed by atoms with van der Waals surface area (Å²) in [4.78, 5) is 14.3. The Kier molecular flexibility index (Phi) is 5.10. The lowest BCUT2D eigenvalue weighted by molar-refractivity contribution is -0.151. The van der Waals surface area contributed by atoms with Gasteiger partial charge in [0.05, 0.1) is 0 Å². The molecule has 1 rings (SSSR count). The molecule has 5 heteroatoms. The summed E-state index contributed by atoms with van der Waals surface area (Å²) >= 11 is 0. The zero-order chi connectivity index (χ0) is 14.5. The molecule has 0 aromatic rings. The van der Waals surface area contributed by atoms with E-state index in [1.165, 1.54) is 0 Å². The Morgan fingerprint density at radius 1 is 1.42 bits per heavy atom. The molecule has 0 unspecified atom stereocenters.